The van der Waals surface area contributed by atoms with Crippen molar-refractivity contribution in [1.29, 1.82) is 0 Å². The van der Waals surface area contributed by atoms with Crippen LogP contribution in [0.5, 0.6) is 0 Å². The summed E-state index contributed by atoms with van der Waals surface area (Å²) in [6, 6.07) is 0.334. The lowest BCUT2D eigenvalue weighted by Gasteiger charge is -2.22. The molecule has 1 aromatic rings. The Morgan fingerprint density at radius 3 is 2.52 bits per heavy atom. The van der Waals surface area contributed by atoms with Crippen molar-refractivity contribution in [3.05, 3.63) is 17.5 Å². The number of H-pyrrole nitrogens is 1. The standard InChI is InChI=1S/C12H19F3N4O2/c1-11(2,3)21-10(20)17-8(6-16)4-7-5-9(19-18-7)12(13,14)15/h5,8H,4,6,16H2,1-3H3,(H,17,20)(H,18,19). The SMILES string of the molecule is CC(C)(C)OC(=O)NC(CN)Cc1cc(C(F)(F)F)n[nH]1. The van der Waals surface area contributed by atoms with Gasteiger partial charge in [0.05, 0.1) is 0 Å². The van der Waals surface area contributed by atoms with Crippen molar-refractivity contribution in [2.75, 3.05) is 6.54 Å². The van der Waals surface area contributed by atoms with Gasteiger partial charge < -0.3 is 15.8 Å². The van der Waals surface area contributed by atoms with Gasteiger partial charge in [-0.05, 0) is 26.8 Å². The number of aromatic nitrogens is 2. The van der Waals surface area contributed by atoms with E-state index in [2.05, 4.69) is 15.5 Å². The zero-order valence-electron chi connectivity index (χ0n) is 12.0. The summed E-state index contributed by atoms with van der Waals surface area (Å²) in [5, 5.41) is 7.96. The van der Waals surface area contributed by atoms with Crippen molar-refractivity contribution >= 4 is 6.09 Å². The second kappa shape index (κ2) is 6.33. The third-order valence-electron chi connectivity index (χ3n) is 2.39. The van der Waals surface area contributed by atoms with E-state index < -0.39 is 29.6 Å². The minimum atomic E-state index is -4.51. The Morgan fingerprint density at radius 1 is 1.48 bits per heavy atom. The first-order chi connectivity index (χ1) is 9.51. The molecule has 0 aliphatic rings. The molecular formula is C12H19F3N4O2. The van der Waals surface area contributed by atoms with Gasteiger partial charge in [0.1, 0.15) is 5.60 Å². The Hall–Kier alpha value is -1.77. The van der Waals surface area contributed by atoms with E-state index in [1.807, 2.05) is 0 Å². The predicted octanol–water partition coefficient (Wildman–Crippen LogP) is 1.82. The number of amides is 1. The summed E-state index contributed by atoms with van der Waals surface area (Å²) in [5.41, 5.74) is 4.05. The molecular weight excluding hydrogens is 289 g/mol. The van der Waals surface area contributed by atoms with Crippen molar-refractivity contribution in [2.45, 2.75) is 45.0 Å². The van der Waals surface area contributed by atoms with Crippen molar-refractivity contribution in [3.8, 4) is 0 Å². The number of nitrogens with zero attached hydrogens (tertiary/aromatic N) is 1. The number of halogens is 3. The first-order valence-corrected chi connectivity index (χ1v) is 6.32. The van der Waals surface area contributed by atoms with Crippen LogP contribution < -0.4 is 11.1 Å². The zero-order chi connectivity index (χ0) is 16.3. The number of carbonyl (C=O) groups excluding carboxylic acids is 1. The van der Waals surface area contributed by atoms with Crippen LogP contribution in [0.2, 0.25) is 0 Å². The number of nitrogens with one attached hydrogen (secondary N) is 2. The topological polar surface area (TPSA) is 93.0 Å². The molecule has 120 valence electrons. The van der Waals surface area contributed by atoms with Crippen LogP contribution in [-0.4, -0.2) is 34.5 Å². The highest BCUT2D eigenvalue weighted by Gasteiger charge is 2.34. The number of carbonyl (C=O) groups is 1. The molecule has 1 unspecified atom stereocenters. The molecule has 0 saturated carbocycles. The van der Waals surface area contributed by atoms with Crippen LogP contribution in [0.15, 0.2) is 6.07 Å². The highest BCUT2D eigenvalue weighted by Crippen LogP contribution is 2.27. The maximum atomic E-state index is 12.4. The van der Waals surface area contributed by atoms with E-state index in [0.29, 0.717) is 0 Å². The van der Waals surface area contributed by atoms with Crippen molar-refractivity contribution < 1.29 is 22.7 Å². The molecule has 6 nitrogen and oxygen atoms in total. The van der Waals surface area contributed by atoms with Gasteiger partial charge in [-0.3, -0.25) is 5.10 Å². The van der Waals surface area contributed by atoms with Crippen LogP contribution in [-0.2, 0) is 17.3 Å². The van der Waals surface area contributed by atoms with E-state index in [4.69, 9.17) is 10.5 Å². The molecule has 1 aromatic heterocycles. The molecule has 0 bridgehead atoms. The summed E-state index contributed by atoms with van der Waals surface area (Å²) in [6.07, 6.45) is -5.08. The minimum Gasteiger partial charge on any atom is -0.444 e. The molecule has 0 aromatic carbocycles. The van der Waals surface area contributed by atoms with Crippen LogP contribution in [0.3, 0.4) is 0 Å². The molecule has 1 heterocycles. The molecule has 0 spiro atoms. The van der Waals surface area contributed by atoms with Crippen LogP contribution in [0.4, 0.5) is 18.0 Å². The van der Waals surface area contributed by atoms with Gasteiger partial charge >= 0.3 is 12.3 Å². The van der Waals surface area contributed by atoms with Crippen LogP contribution in [0.25, 0.3) is 0 Å². The Balaban J connectivity index is 2.62. The number of hydrogen-bond donors (Lipinski definition) is 3. The third kappa shape index (κ3) is 6.03. The second-order valence-corrected chi connectivity index (χ2v) is 5.56. The van der Waals surface area contributed by atoms with Gasteiger partial charge in [0.25, 0.3) is 0 Å². The van der Waals surface area contributed by atoms with Gasteiger partial charge in [0, 0.05) is 24.7 Å². The quantitative estimate of drug-likeness (QED) is 0.791. The van der Waals surface area contributed by atoms with Gasteiger partial charge in [0.2, 0.25) is 0 Å². The fraction of sp³-hybridized carbons (Fsp3) is 0.667. The van der Waals surface area contributed by atoms with Gasteiger partial charge in [-0.1, -0.05) is 0 Å². The van der Waals surface area contributed by atoms with Crippen LogP contribution in [0, 0.1) is 0 Å². The minimum absolute atomic E-state index is 0.0552. The van der Waals surface area contributed by atoms with E-state index in [9.17, 15) is 18.0 Å². The normalized spacial score (nSPS) is 13.9. The Bertz CT molecular complexity index is 480. The second-order valence-electron chi connectivity index (χ2n) is 5.56. The number of alkyl carbamates (subject to hydrolysis) is 1. The molecule has 0 aliphatic carbocycles. The number of nitrogens with two attached hydrogens (primary N) is 1. The molecule has 4 N–H and O–H groups in total. The highest BCUT2D eigenvalue weighted by atomic mass is 19.4. The molecule has 0 radical (unpaired) electrons. The summed E-state index contributed by atoms with van der Waals surface area (Å²) in [6.45, 7) is 5.16. The molecule has 1 rings (SSSR count). The third-order valence-corrected chi connectivity index (χ3v) is 2.39. The summed E-state index contributed by atoms with van der Waals surface area (Å²) >= 11 is 0. The summed E-state index contributed by atoms with van der Waals surface area (Å²) < 4.78 is 42.3. The number of rotatable bonds is 4. The first kappa shape index (κ1) is 17.3. The average Bonchev–Trinajstić information content (AvgIpc) is 2.73. The smallest absolute Gasteiger partial charge is 0.435 e. The van der Waals surface area contributed by atoms with E-state index in [-0.39, 0.29) is 18.7 Å². The average molecular weight is 308 g/mol. The van der Waals surface area contributed by atoms with E-state index in [0.717, 1.165) is 6.07 Å². The number of ether oxygens (including phenoxy) is 1. The lowest BCUT2D eigenvalue weighted by Crippen LogP contribution is -2.44. The van der Waals surface area contributed by atoms with Crippen LogP contribution >= 0.6 is 0 Å². The summed E-state index contributed by atoms with van der Waals surface area (Å²) in [4.78, 5) is 11.6. The largest absolute Gasteiger partial charge is 0.444 e. The highest BCUT2D eigenvalue weighted by molar-refractivity contribution is 5.68. The Labute approximate surface area is 120 Å². The van der Waals surface area contributed by atoms with E-state index >= 15 is 0 Å². The van der Waals surface area contributed by atoms with E-state index in [1.54, 1.807) is 20.8 Å². The molecule has 0 saturated heterocycles. The zero-order valence-corrected chi connectivity index (χ0v) is 12.0. The molecule has 1 atom stereocenters. The molecule has 9 heteroatoms. The van der Waals surface area contributed by atoms with Crippen LogP contribution in [0.1, 0.15) is 32.2 Å². The lowest BCUT2D eigenvalue weighted by atomic mass is 10.1. The summed E-state index contributed by atoms with van der Waals surface area (Å²) in [7, 11) is 0. The lowest BCUT2D eigenvalue weighted by molar-refractivity contribution is -0.141. The van der Waals surface area contributed by atoms with Gasteiger partial charge in [-0.2, -0.15) is 18.3 Å². The molecule has 0 fully saturated rings. The van der Waals surface area contributed by atoms with Gasteiger partial charge in [-0.25, -0.2) is 4.79 Å². The van der Waals surface area contributed by atoms with Crippen molar-refractivity contribution in [3.63, 3.8) is 0 Å². The van der Waals surface area contributed by atoms with Gasteiger partial charge in [-0.15, -0.1) is 0 Å². The molecule has 21 heavy (non-hydrogen) atoms. The van der Waals surface area contributed by atoms with Crippen molar-refractivity contribution in [1.82, 2.24) is 15.5 Å². The maximum absolute atomic E-state index is 12.4. The monoisotopic (exact) mass is 308 g/mol. The Kier molecular flexibility index (Phi) is 5.21. The Morgan fingerprint density at radius 2 is 2.10 bits per heavy atom. The molecule has 0 aliphatic heterocycles. The number of hydrogen-bond acceptors (Lipinski definition) is 4. The number of alkyl halides is 3. The van der Waals surface area contributed by atoms with Crippen molar-refractivity contribution in [2.24, 2.45) is 5.73 Å². The predicted molar refractivity (Wildman–Crippen MR) is 69.5 cm³/mol. The fourth-order valence-corrected chi connectivity index (χ4v) is 1.54. The number of aromatic amines is 1. The van der Waals surface area contributed by atoms with Gasteiger partial charge in [0.15, 0.2) is 5.69 Å². The summed E-state index contributed by atoms with van der Waals surface area (Å²) in [5.74, 6) is 0. The fourth-order valence-electron chi connectivity index (χ4n) is 1.54. The maximum Gasteiger partial charge on any atom is 0.435 e. The van der Waals surface area contributed by atoms with E-state index in [1.165, 1.54) is 0 Å². The first-order valence-electron chi connectivity index (χ1n) is 6.32. The molecule has 1 amide bonds.